The summed E-state index contributed by atoms with van der Waals surface area (Å²) in [7, 11) is 0. The smallest absolute Gasteiger partial charge is 0.264 e. The number of thiophene rings is 1. The van der Waals surface area contributed by atoms with Crippen molar-refractivity contribution < 1.29 is 9.59 Å². The van der Waals surface area contributed by atoms with Crippen molar-refractivity contribution in [3.8, 4) is 0 Å². The van der Waals surface area contributed by atoms with Crippen LogP contribution in [0.3, 0.4) is 0 Å². The fourth-order valence-electron chi connectivity index (χ4n) is 3.58. The number of fused-ring (bicyclic) bond motifs is 1. The number of rotatable bonds is 4. The van der Waals surface area contributed by atoms with Crippen LogP contribution in [0.15, 0.2) is 54.6 Å². The average molecular weight is 378 g/mol. The fraction of sp³-hybridized carbons (Fsp3) is 0.273. The molecule has 0 atom stereocenters. The standard InChI is InChI=1S/C22H22N2O2S/c1-16(25)20-9-10-21(27-20)22(26)24-13-11-23(12-14-24)15-18-7-4-6-17-5-2-3-8-19(17)18/h2-10H,11-15H2,1H3. The van der Waals surface area contributed by atoms with Gasteiger partial charge in [-0.05, 0) is 35.4 Å². The van der Waals surface area contributed by atoms with Crippen LogP contribution >= 0.6 is 11.3 Å². The molecule has 0 aliphatic carbocycles. The molecule has 1 fully saturated rings. The van der Waals surface area contributed by atoms with Crippen molar-refractivity contribution in [2.75, 3.05) is 26.2 Å². The summed E-state index contributed by atoms with van der Waals surface area (Å²) in [4.78, 5) is 29.7. The molecule has 4 nitrogen and oxygen atoms in total. The summed E-state index contributed by atoms with van der Waals surface area (Å²) in [5.74, 6) is 0.0521. The highest BCUT2D eigenvalue weighted by atomic mass is 32.1. The Labute approximate surface area is 163 Å². The molecule has 1 amide bonds. The van der Waals surface area contributed by atoms with E-state index in [2.05, 4.69) is 47.4 Å². The van der Waals surface area contributed by atoms with Crippen LogP contribution in [0.1, 0.15) is 31.8 Å². The van der Waals surface area contributed by atoms with Crippen LogP contribution in [0.2, 0.25) is 0 Å². The maximum absolute atomic E-state index is 12.7. The van der Waals surface area contributed by atoms with E-state index in [1.807, 2.05) is 4.90 Å². The molecule has 5 heteroatoms. The number of amides is 1. The van der Waals surface area contributed by atoms with Gasteiger partial charge in [0, 0.05) is 32.7 Å². The fourth-order valence-corrected chi connectivity index (χ4v) is 4.45. The van der Waals surface area contributed by atoms with Crippen molar-refractivity contribution >= 4 is 33.8 Å². The Bertz CT molecular complexity index is 981. The van der Waals surface area contributed by atoms with Crippen LogP contribution in [0.5, 0.6) is 0 Å². The zero-order valence-corrected chi connectivity index (χ0v) is 16.2. The molecule has 0 spiro atoms. The van der Waals surface area contributed by atoms with Gasteiger partial charge >= 0.3 is 0 Å². The van der Waals surface area contributed by atoms with Gasteiger partial charge in [0.2, 0.25) is 0 Å². The third-order valence-corrected chi connectivity index (χ3v) is 6.27. The van der Waals surface area contributed by atoms with Crippen molar-refractivity contribution in [2.24, 2.45) is 0 Å². The number of benzene rings is 2. The molecule has 1 aromatic heterocycles. The third-order valence-electron chi connectivity index (χ3n) is 5.10. The lowest BCUT2D eigenvalue weighted by atomic mass is 10.0. The first kappa shape index (κ1) is 17.9. The van der Waals surface area contributed by atoms with Crippen LogP contribution in [0, 0.1) is 0 Å². The van der Waals surface area contributed by atoms with Gasteiger partial charge in [-0.2, -0.15) is 0 Å². The minimum Gasteiger partial charge on any atom is -0.335 e. The molecule has 0 unspecified atom stereocenters. The topological polar surface area (TPSA) is 40.6 Å². The first-order chi connectivity index (χ1) is 13.1. The van der Waals surface area contributed by atoms with E-state index in [0.29, 0.717) is 9.75 Å². The first-order valence-corrected chi connectivity index (χ1v) is 10.0. The van der Waals surface area contributed by atoms with Crippen molar-refractivity contribution in [2.45, 2.75) is 13.5 Å². The second-order valence-electron chi connectivity index (χ2n) is 6.93. The van der Waals surface area contributed by atoms with Crippen molar-refractivity contribution in [1.29, 1.82) is 0 Å². The van der Waals surface area contributed by atoms with Crippen LogP contribution in [-0.4, -0.2) is 47.7 Å². The van der Waals surface area contributed by atoms with Crippen LogP contribution in [-0.2, 0) is 6.54 Å². The molecule has 0 radical (unpaired) electrons. The molecule has 0 bridgehead atoms. The second kappa shape index (κ2) is 7.62. The average Bonchev–Trinajstić information content (AvgIpc) is 3.19. The maximum Gasteiger partial charge on any atom is 0.264 e. The summed E-state index contributed by atoms with van der Waals surface area (Å²) in [6, 6.07) is 18.4. The van der Waals surface area contributed by atoms with E-state index in [-0.39, 0.29) is 11.7 Å². The molecule has 27 heavy (non-hydrogen) atoms. The SMILES string of the molecule is CC(=O)c1ccc(C(=O)N2CCN(Cc3cccc4ccccc34)CC2)s1. The number of Topliss-reactive ketones (excluding diaryl/α,β-unsaturated/α-hetero) is 1. The number of nitrogens with zero attached hydrogens (tertiary/aromatic N) is 2. The molecule has 1 aliphatic rings. The summed E-state index contributed by atoms with van der Waals surface area (Å²) in [6.07, 6.45) is 0. The molecule has 0 saturated carbocycles. The van der Waals surface area contributed by atoms with E-state index in [1.165, 1.54) is 34.6 Å². The lowest BCUT2D eigenvalue weighted by molar-refractivity contribution is 0.0633. The van der Waals surface area contributed by atoms with Gasteiger partial charge in [0.1, 0.15) is 0 Å². The minimum absolute atomic E-state index is 0.0129. The number of carbonyl (C=O) groups is 2. The summed E-state index contributed by atoms with van der Waals surface area (Å²) < 4.78 is 0. The minimum atomic E-state index is 0.0129. The molecule has 0 N–H and O–H groups in total. The third kappa shape index (κ3) is 3.80. The monoisotopic (exact) mass is 378 g/mol. The maximum atomic E-state index is 12.7. The van der Waals surface area contributed by atoms with Gasteiger partial charge in [-0.25, -0.2) is 0 Å². The van der Waals surface area contributed by atoms with Crippen LogP contribution < -0.4 is 0 Å². The summed E-state index contributed by atoms with van der Waals surface area (Å²) >= 11 is 1.29. The Hall–Kier alpha value is -2.50. The number of hydrogen-bond donors (Lipinski definition) is 0. The molecule has 3 aromatic rings. The van der Waals surface area contributed by atoms with Crippen molar-refractivity contribution in [1.82, 2.24) is 9.80 Å². The van der Waals surface area contributed by atoms with Gasteiger partial charge in [0.05, 0.1) is 9.75 Å². The Morgan fingerprint density at radius 2 is 1.59 bits per heavy atom. The zero-order chi connectivity index (χ0) is 18.8. The molecule has 2 heterocycles. The number of ketones is 1. The summed E-state index contributed by atoms with van der Waals surface area (Å²) in [5.41, 5.74) is 1.33. The van der Waals surface area contributed by atoms with Gasteiger partial charge in [-0.15, -0.1) is 11.3 Å². The van der Waals surface area contributed by atoms with E-state index in [0.717, 1.165) is 32.7 Å². The van der Waals surface area contributed by atoms with Gasteiger partial charge in [0.15, 0.2) is 5.78 Å². The highest BCUT2D eigenvalue weighted by Crippen LogP contribution is 2.22. The Morgan fingerprint density at radius 3 is 2.33 bits per heavy atom. The van der Waals surface area contributed by atoms with Gasteiger partial charge in [-0.3, -0.25) is 14.5 Å². The predicted octanol–water partition coefficient (Wildman–Crippen LogP) is 4.06. The van der Waals surface area contributed by atoms with Gasteiger partial charge in [-0.1, -0.05) is 42.5 Å². The normalized spacial score (nSPS) is 15.2. The lowest BCUT2D eigenvalue weighted by Crippen LogP contribution is -2.48. The van der Waals surface area contributed by atoms with Crippen LogP contribution in [0.4, 0.5) is 0 Å². The Balaban J connectivity index is 1.40. The molecule has 1 saturated heterocycles. The number of carbonyl (C=O) groups excluding carboxylic acids is 2. The summed E-state index contributed by atoms with van der Waals surface area (Å²) in [6.45, 7) is 5.59. The molecular formula is C22H22N2O2S. The van der Waals surface area contributed by atoms with E-state index in [1.54, 1.807) is 12.1 Å². The Kier molecular flexibility index (Phi) is 5.05. The van der Waals surface area contributed by atoms with E-state index < -0.39 is 0 Å². The van der Waals surface area contributed by atoms with Gasteiger partial charge < -0.3 is 4.90 Å². The van der Waals surface area contributed by atoms with Crippen molar-refractivity contribution in [3.05, 3.63) is 69.9 Å². The number of hydrogen-bond acceptors (Lipinski definition) is 4. The molecule has 1 aliphatic heterocycles. The summed E-state index contributed by atoms with van der Waals surface area (Å²) in [5, 5.41) is 2.57. The quantitative estimate of drug-likeness (QED) is 0.643. The lowest BCUT2D eigenvalue weighted by Gasteiger charge is -2.34. The first-order valence-electron chi connectivity index (χ1n) is 9.21. The molecular weight excluding hydrogens is 356 g/mol. The highest BCUT2D eigenvalue weighted by Gasteiger charge is 2.23. The van der Waals surface area contributed by atoms with Crippen LogP contribution in [0.25, 0.3) is 10.8 Å². The molecule has 138 valence electrons. The molecule has 2 aromatic carbocycles. The van der Waals surface area contributed by atoms with E-state index in [9.17, 15) is 9.59 Å². The van der Waals surface area contributed by atoms with Gasteiger partial charge in [0.25, 0.3) is 5.91 Å². The largest absolute Gasteiger partial charge is 0.335 e. The van der Waals surface area contributed by atoms with E-state index in [4.69, 9.17) is 0 Å². The molecule has 4 rings (SSSR count). The Morgan fingerprint density at radius 1 is 0.889 bits per heavy atom. The number of piperazine rings is 1. The van der Waals surface area contributed by atoms with Crippen molar-refractivity contribution in [3.63, 3.8) is 0 Å². The second-order valence-corrected chi connectivity index (χ2v) is 8.01. The van der Waals surface area contributed by atoms with E-state index >= 15 is 0 Å². The predicted molar refractivity (Wildman–Crippen MR) is 109 cm³/mol. The zero-order valence-electron chi connectivity index (χ0n) is 15.4. The highest BCUT2D eigenvalue weighted by molar-refractivity contribution is 7.15.